The fraction of sp³-hybridized carbons (Fsp3) is 0.417. The number of likely N-dealkylation sites (tertiary alicyclic amines) is 1. The fourth-order valence-electron chi connectivity index (χ4n) is 4.32. The zero-order chi connectivity index (χ0) is 20.9. The van der Waals surface area contributed by atoms with Crippen LogP contribution in [0.2, 0.25) is 0 Å². The molecule has 2 aromatic carbocycles. The van der Waals surface area contributed by atoms with Gasteiger partial charge in [-0.3, -0.25) is 14.8 Å². The Kier molecular flexibility index (Phi) is 6.45. The molecule has 6 heteroatoms. The van der Waals surface area contributed by atoms with Gasteiger partial charge in [0.1, 0.15) is 0 Å². The van der Waals surface area contributed by atoms with E-state index in [0.717, 1.165) is 38.0 Å². The molecule has 2 aliphatic rings. The summed E-state index contributed by atoms with van der Waals surface area (Å²) < 4.78 is 0. The number of carbonyl (C=O) groups is 2. The lowest BCUT2D eigenvalue weighted by molar-refractivity contribution is -0.131. The van der Waals surface area contributed by atoms with Crippen molar-refractivity contribution in [3.8, 4) is 0 Å². The van der Waals surface area contributed by atoms with Crippen LogP contribution in [0.5, 0.6) is 0 Å². The second-order valence-corrected chi connectivity index (χ2v) is 8.41. The van der Waals surface area contributed by atoms with Crippen LogP contribution in [0.4, 0.5) is 0 Å². The highest BCUT2D eigenvalue weighted by molar-refractivity contribution is 5.93. The quantitative estimate of drug-likeness (QED) is 0.487. The van der Waals surface area contributed by atoms with E-state index in [9.17, 15) is 9.59 Å². The van der Waals surface area contributed by atoms with Crippen molar-refractivity contribution in [3.63, 3.8) is 0 Å². The highest BCUT2D eigenvalue weighted by atomic mass is 16.5. The summed E-state index contributed by atoms with van der Waals surface area (Å²) in [4.78, 5) is 25.9. The van der Waals surface area contributed by atoms with Crippen molar-refractivity contribution in [2.45, 2.75) is 37.6 Å². The van der Waals surface area contributed by atoms with Crippen LogP contribution in [0, 0.1) is 5.92 Å². The number of nitrogens with one attached hydrogen (secondary N) is 2. The van der Waals surface area contributed by atoms with Gasteiger partial charge >= 0.3 is 0 Å². The van der Waals surface area contributed by atoms with Crippen molar-refractivity contribution in [1.29, 1.82) is 0 Å². The van der Waals surface area contributed by atoms with E-state index in [1.807, 2.05) is 4.90 Å². The van der Waals surface area contributed by atoms with Gasteiger partial charge in [-0.15, -0.1) is 0 Å². The maximum atomic E-state index is 12.6. The molecule has 1 heterocycles. The number of benzene rings is 2. The molecule has 0 aromatic heterocycles. The Morgan fingerprint density at radius 2 is 1.70 bits per heavy atom. The zero-order valence-corrected chi connectivity index (χ0v) is 17.1. The first-order chi connectivity index (χ1) is 14.6. The fourth-order valence-corrected chi connectivity index (χ4v) is 4.32. The molecule has 4 rings (SSSR count). The lowest BCUT2D eigenvalue weighted by Gasteiger charge is -2.32. The molecule has 3 N–H and O–H groups in total. The first-order valence-electron chi connectivity index (χ1n) is 10.7. The molecule has 0 spiro atoms. The van der Waals surface area contributed by atoms with Gasteiger partial charge < -0.3 is 10.2 Å². The first kappa shape index (κ1) is 20.6. The van der Waals surface area contributed by atoms with E-state index in [1.165, 1.54) is 12.0 Å². The third-order valence-electron chi connectivity index (χ3n) is 6.33. The summed E-state index contributed by atoms with van der Waals surface area (Å²) in [6.07, 6.45) is 3.64. The van der Waals surface area contributed by atoms with Crippen LogP contribution in [0.1, 0.15) is 46.7 Å². The van der Waals surface area contributed by atoms with Crippen LogP contribution >= 0.6 is 0 Å². The van der Waals surface area contributed by atoms with Crippen molar-refractivity contribution < 1.29 is 14.8 Å². The molecule has 6 nitrogen and oxygen atoms in total. The number of nitrogens with zero attached hydrogens (tertiary/aromatic N) is 1. The van der Waals surface area contributed by atoms with Crippen molar-refractivity contribution in [3.05, 3.63) is 71.3 Å². The highest BCUT2D eigenvalue weighted by Gasteiger charge is 2.38. The minimum atomic E-state index is -0.551. The predicted molar refractivity (Wildman–Crippen MR) is 114 cm³/mol. The van der Waals surface area contributed by atoms with Crippen LogP contribution in [0.3, 0.4) is 0 Å². The van der Waals surface area contributed by atoms with Crippen LogP contribution < -0.4 is 10.8 Å². The molecule has 2 atom stereocenters. The largest absolute Gasteiger partial charge is 0.342 e. The molecular weight excluding hydrogens is 378 g/mol. The van der Waals surface area contributed by atoms with Gasteiger partial charge in [-0.25, -0.2) is 5.48 Å². The summed E-state index contributed by atoms with van der Waals surface area (Å²) in [6.45, 7) is 2.65. The second kappa shape index (κ2) is 9.41. The molecule has 1 aliphatic carbocycles. The maximum Gasteiger partial charge on any atom is 0.274 e. The number of rotatable bonds is 7. The van der Waals surface area contributed by atoms with Crippen molar-refractivity contribution >= 4 is 11.8 Å². The van der Waals surface area contributed by atoms with E-state index in [-0.39, 0.29) is 5.91 Å². The van der Waals surface area contributed by atoms with E-state index in [0.29, 0.717) is 29.9 Å². The molecule has 30 heavy (non-hydrogen) atoms. The number of hydrogen-bond acceptors (Lipinski definition) is 4. The molecule has 158 valence electrons. The Morgan fingerprint density at radius 1 is 1.00 bits per heavy atom. The molecule has 1 saturated heterocycles. The van der Waals surface area contributed by atoms with E-state index in [4.69, 9.17) is 5.21 Å². The molecule has 1 unspecified atom stereocenters. The predicted octanol–water partition coefficient (Wildman–Crippen LogP) is 2.73. The summed E-state index contributed by atoms with van der Waals surface area (Å²) in [5.74, 6) is 0.863. The average Bonchev–Trinajstić information content (AvgIpc) is 3.58. The standard InChI is InChI=1S/C24H29N3O3/c28-23(14-17-6-8-20(9-7-17)24(29)26-30)27-12-10-18(11-13-27)16-25-22-15-21(22)19-4-2-1-3-5-19/h1-9,18,21-22,25,30H,10-16H2,(H,26,29)/t21-,22?/m1/s1. The summed E-state index contributed by atoms with van der Waals surface area (Å²) in [6, 6.07) is 18.1. The van der Waals surface area contributed by atoms with Gasteiger partial charge in [-0.1, -0.05) is 42.5 Å². The maximum absolute atomic E-state index is 12.6. The smallest absolute Gasteiger partial charge is 0.274 e. The Bertz CT molecular complexity index is 861. The van der Waals surface area contributed by atoms with E-state index < -0.39 is 5.91 Å². The average molecular weight is 408 g/mol. The lowest BCUT2D eigenvalue weighted by atomic mass is 9.96. The van der Waals surface area contributed by atoms with Gasteiger partial charge in [0.25, 0.3) is 5.91 Å². The van der Waals surface area contributed by atoms with Crippen molar-refractivity contribution in [2.24, 2.45) is 5.92 Å². The minimum absolute atomic E-state index is 0.132. The lowest BCUT2D eigenvalue weighted by Crippen LogP contribution is -2.41. The van der Waals surface area contributed by atoms with Crippen LogP contribution in [-0.2, 0) is 11.2 Å². The van der Waals surface area contributed by atoms with E-state index in [2.05, 4.69) is 35.6 Å². The molecular formula is C24H29N3O3. The Morgan fingerprint density at radius 3 is 2.37 bits per heavy atom. The molecule has 0 bridgehead atoms. The number of hydrogen-bond donors (Lipinski definition) is 3. The molecule has 1 saturated carbocycles. The summed E-state index contributed by atoms with van der Waals surface area (Å²) >= 11 is 0. The number of hydroxylamine groups is 1. The van der Waals surface area contributed by atoms with Crippen LogP contribution in [0.25, 0.3) is 0 Å². The summed E-state index contributed by atoms with van der Waals surface area (Å²) in [7, 11) is 0. The number of piperidine rings is 1. The second-order valence-electron chi connectivity index (χ2n) is 8.41. The van der Waals surface area contributed by atoms with Gasteiger partial charge in [0, 0.05) is 30.6 Å². The van der Waals surface area contributed by atoms with E-state index >= 15 is 0 Å². The monoisotopic (exact) mass is 407 g/mol. The third kappa shape index (κ3) is 5.07. The molecule has 2 amide bonds. The van der Waals surface area contributed by atoms with Crippen LogP contribution in [-0.4, -0.2) is 47.6 Å². The SMILES string of the molecule is O=C(NO)c1ccc(CC(=O)N2CCC(CNC3C[C@@H]3c3ccccc3)CC2)cc1. The van der Waals surface area contributed by atoms with Gasteiger partial charge in [0.2, 0.25) is 5.91 Å². The Hall–Kier alpha value is -2.70. The number of amides is 2. The number of carbonyl (C=O) groups excluding carboxylic acids is 2. The van der Waals surface area contributed by atoms with Crippen LogP contribution in [0.15, 0.2) is 54.6 Å². The van der Waals surface area contributed by atoms with Gasteiger partial charge in [-0.05, 0) is 55.0 Å². The molecule has 0 radical (unpaired) electrons. The zero-order valence-electron chi connectivity index (χ0n) is 17.1. The molecule has 2 fully saturated rings. The summed E-state index contributed by atoms with van der Waals surface area (Å²) in [5, 5.41) is 12.4. The molecule has 1 aliphatic heterocycles. The highest BCUT2D eigenvalue weighted by Crippen LogP contribution is 2.40. The van der Waals surface area contributed by atoms with Gasteiger partial charge in [0.15, 0.2) is 0 Å². The van der Waals surface area contributed by atoms with Crippen molar-refractivity contribution in [2.75, 3.05) is 19.6 Å². The summed E-state index contributed by atoms with van der Waals surface area (Å²) in [5.41, 5.74) is 4.28. The molecule has 2 aromatic rings. The van der Waals surface area contributed by atoms with Gasteiger partial charge in [0.05, 0.1) is 6.42 Å². The van der Waals surface area contributed by atoms with Crippen molar-refractivity contribution in [1.82, 2.24) is 15.7 Å². The first-order valence-corrected chi connectivity index (χ1v) is 10.7. The third-order valence-corrected chi connectivity index (χ3v) is 6.33. The van der Waals surface area contributed by atoms with Gasteiger partial charge in [-0.2, -0.15) is 0 Å². The Balaban J connectivity index is 1.17. The Labute approximate surface area is 177 Å². The normalized spacial score (nSPS) is 21.3. The topological polar surface area (TPSA) is 81.7 Å². The minimum Gasteiger partial charge on any atom is -0.342 e. The van der Waals surface area contributed by atoms with E-state index in [1.54, 1.807) is 29.7 Å².